The molecule has 11 heteroatoms. The number of piperidine rings is 1. The van der Waals surface area contributed by atoms with Gasteiger partial charge in [0.25, 0.3) is 0 Å². The van der Waals surface area contributed by atoms with Crippen molar-refractivity contribution in [1.82, 2.24) is 25.2 Å². The van der Waals surface area contributed by atoms with Crippen LogP contribution in [0.15, 0.2) is 34.5 Å². The lowest BCUT2D eigenvalue weighted by Gasteiger charge is -2.42. The third-order valence-electron chi connectivity index (χ3n) is 5.19. The zero-order valence-electron chi connectivity index (χ0n) is 22.8. The summed E-state index contributed by atoms with van der Waals surface area (Å²) in [5, 5.41) is 7.39. The van der Waals surface area contributed by atoms with Gasteiger partial charge in [-0.25, -0.2) is 0 Å². The lowest BCUT2D eigenvalue weighted by molar-refractivity contribution is -0.162. The number of nitrogens with one attached hydrogen (secondary N) is 3. The van der Waals surface area contributed by atoms with Gasteiger partial charge in [-0.2, -0.15) is 13.2 Å². The Kier molecular flexibility index (Phi) is 16.2. The zero-order valence-corrected chi connectivity index (χ0v) is 24.4. The second-order valence-electron chi connectivity index (χ2n) is 7.94. The van der Waals surface area contributed by atoms with Crippen LogP contribution in [-0.4, -0.2) is 59.4 Å². The molecular formula is C24H47F3N6S2. The van der Waals surface area contributed by atoms with Gasteiger partial charge in [-0.15, -0.1) is 0 Å². The first kappa shape index (κ1) is 34.0. The summed E-state index contributed by atoms with van der Waals surface area (Å²) in [6, 6.07) is -1.65. The van der Waals surface area contributed by atoms with Crippen molar-refractivity contribution >= 4 is 23.7 Å². The Morgan fingerprint density at radius 1 is 1.11 bits per heavy atom. The molecule has 3 atom stereocenters. The van der Waals surface area contributed by atoms with Crippen molar-refractivity contribution in [2.45, 2.75) is 97.7 Å². The minimum atomic E-state index is -4.34. The maximum atomic E-state index is 13.5. The smallest absolute Gasteiger partial charge is 0.365 e. The van der Waals surface area contributed by atoms with E-state index in [1.54, 1.807) is 12.3 Å². The minimum Gasteiger partial charge on any atom is -0.365 e. The first-order chi connectivity index (χ1) is 16.5. The van der Waals surface area contributed by atoms with Gasteiger partial charge < -0.3 is 20.7 Å². The number of halogens is 3. The maximum Gasteiger partial charge on any atom is 0.413 e. The van der Waals surface area contributed by atoms with Crippen LogP contribution in [0.3, 0.4) is 0 Å². The number of hydrogen-bond donors (Lipinski definition) is 4. The van der Waals surface area contributed by atoms with Crippen molar-refractivity contribution in [2.75, 3.05) is 20.1 Å². The van der Waals surface area contributed by atoms with Crippen LogP contribution in [0.4, 0.5) is 13.2 Å². The molecule has 0 aromatic heterocycles. The zero-order chi connectivity index (χ0) is 27.2. The SMILES string of the molecule is CC.CC.CC.CC1N/C(SC2=CC=CN(C)C2C(F)(F)F)=C\NSC(N2CCC(C)(N)CC2)N1. The third-order valence-corrected chi connectivity index (χ3v) is 7.15. The molecule has 1 saturated heterocycles. The lowest BCUT2D eigenvalue weighted by atomic mass is 9.91. The van der Waals surface area contributed by atoms with Crippen molar-refractivity contribution in [3.05, 3.63) is 34.5 Å². The molecule has 0 saturated carbocycles. The van der Waals surface area contributed by atoms with E-state index in [0.29, 0.717) is 5.03 Å². The lowest BCUT2D eigenvalue weighted by Crippen LogP contribution is -2.57. The van der Waals surface area contributed by atoms with Crippen LogP contribution in [0.2, 0.25) is 0 Å². The standard InChI is InChI=1S/C18H29F3N6S2.3C2H6/c1-12-24-14(28-13-5-4-8-26(3)15(13)18(19,20)21)11-23-29-16(25-12)27-9-6-17(2,22)7-10-27;3*1-2/h4-5,8,11-12,15-16,23-25H,6-7,9-10,22H2,1-3H3;3*1-2H3/b14-11+;;;. The highest BCUT2D eigenvalue weighted by molar-refractivity contribution is 8.06. The number of nitrogens with zero attached hydrogens (tertiary/aromatic N) is 2. The number of likely N-dealkylation sites (tertiary alicyclic amines) is 1. The summed E-state index contributed by atoms with van der Waals surface area (Å²) in [5.74, 6) is 0. The van der Waals surface area contributed by atoms with Crippen molar-refractivity contribution in [3.63, 3.8) is 0 Å². The van der Waals surface area contributed by atoms with Crippen LogP contribution >= 0.6 is 23.7 Å². The van der Waals surface area contributed by atoms with E-state index in [0.717, 1.165) is 37.7 Å². The number of nitrogens with two attached hydrogens (primary N) is 1. The first-order valence-electron chi connectivity index (χ1n) is 12.6. The summed E-state index contributed by atoms with van der Waals surface area (Å²) in [5.41, 5.74) is 6.15. The molecule has 0 aliphatic carbocycles. The van der Waals surface area contributed by atoms with Gasteiger partial charge in [-0.1, -0.05) is 53.3 Å². The number of alkyl halides is 3. The molecule has 3 aliphatic rings. The highest BCUT2D eigenvalue weighted by atomic mass is 32.2. The highest BCUT2D eigenvalue weighted by Crippen LogP contribution is 2.39. The second-order valence-corrected chi connectivity index (χ2v) is 9.97. The van der Waals surface area contributed by atoms with Crippen LogP contribution in [0, 0.1) is 0 Å². The summed E-state index contributed by atoms with van der Waals surface area (Å²) in [6.07, 6.45) is 3.74. The summed E-state index contributed by atoms with van der Waals surface area (Å²) in [7, 11) is 1.44. The highest BCUT2D eigenvalue weighted by Gasteiger charge is 2.45. The fraction of sp³-hybridized carbons (Fsp3) is 0.750. The Balaban J connectivity index is 0.00000179. The van der Waals surface area contributed by atoms with E-state index in [1.807, 2.05) is 48.5 Å². The average Bonchev–Trinajstić information content (AvgIpc) is 2.80. The maximum absolute atomic E-state index is 13.5. The van der Waals surface area contributed by atoms with Gasteiger partial charge in [0.15, 0.2) is 6.04 Å². The van der Waals surface area contributed by atoms with Crippen LogP contribution in [-0.2, 0) is 0 Å². The number of allylic oxidation sites excluding steroid dienone is 2. The van der Waals surface area contributed by atoms with Crippen LogP contribution < -0.4 is 21.1 Å². The van der Waals surface area contributed by atoms with Crippen molar-refractivity contribution in [1.29, 1.82) is 0 Å². The molecule has 3 unspecified atom stereocenters. The molecule has 1 fully saturated rings. The van der Waals surface area contributed by atoms with E-state index in [4.69, 9.17) is 5.73 Å². The molecule has 5 N–H and O–H groups in total. The van der Waals surface area contributed by atoms with Crippen LogP contribution in [0.25, 0.3) is 0 Å². The van der Waals surface area contributed by atoms with E-state index in [9.17, 15) is 13.2 Å². The van der Waals surface area contributed by atoms with Gasteiger partial charge in [0, 0.05) is 36.8 Å². The molecule has 0 spiro atoms. The predicted molar refractivity (Wildman–Crippen MR) is 148 cm³/mol. The topological polar surface area (TPSA) is 68.6 Å². The van der Waals surface area contributed by atoms with Gasteiger partial charge in [0.2, 0.25) is 0 Å². The monoisotopic (exact) mass is 540 g/mol. The molecule has 0 radical (unpaired) electrons. The minimum absolute atomic E-state index is 0.0438. The average molecular weight is 541 g/mol. The normalized spacial score (nSPS) is 27.8. The second kappa shape index (κ2) is 16.7. The van der Waals surface area contributed by atoms with Crippen LogP contribution in [0.5, 0.6) is 0 Å². The van der Waals surface area contributed by atoms with Crippen molar-refractivity contribution < 1.29 is 13.2 Å². The fourth-order valence-corrected chi connectivity index (χ4v) is 5.65. The fourth-order valence-electron chi connectivity index (χ4n) is 3.47. The third kappa shape index (κ3) is 11.3. The molecule has 0 aromatic rings. The molecule has 0 bridgehead atoms. The van der Waals surface area contributed by atoms with E-state index < -0.39 is 12.2 Å². The Bertz CT molecular complexity index is 673. The number of rotatable bonds is 3. The number of thioether (sulfide) groups is 1. The van der Waals surface area contributed by atoms with Crippen LogP contribution in [0.1, 0.15) is 68.2 Å². The van der Waals surface area contributed by atoms with Gasteiger partial charge in [0.1, 0.15) is 5.50 Å². The van der Waals surface area contributed by atoms with Crippen molar-refractivity contribution in [3.8, 4) is 0 Å². The molecule has 3 aliphatic heterocycles. The molecule has 0 amide bonds. The summed E-state index contributed by atoms with van der Waals surface area (Å²) < 4.78 is 43.7. The predicted octanol–water partition coefficient (Wildman–Crippen LogP) is 5.74. The molecule has 206 valence electrons. The summed E-state index contributed by atoms with van der Waals surface area (Å²) in [6.45, 7) is 17.8. The largest absolute Gasteiger partial charge is 0.413 e. The molecule has 3 heterocycles. The quantitative estimate of drug-likeness (QED) is 0.338. The number of hydrogen-bond acceptors (Lipinski definition) is 8. The van der Waals surface area contributed by atoms with E-state index in [1.165, 1.54) is 36.2 Å². The van der Waals surface area contributed by atoms with Gasteiger partial charge in [-0.3, -0.25) is 10.2 Å². The molecular weight excluding hydrogens is 493 g/mol. The van der Waals surface area contributed by atoms with E-state index in [2.05, 4.69) is 27.2 Å². The summed E-state index contributed by atoms with van der Waals surface area (Å²) in [4.78, 5) is 3.75. The Morgan fingerprint density at radius 2 is 1.69 bits per heavy atom. The van der Waals surface area contributed by atoms with Crippen molar-refractivity contribution in [2.24, 2.45) is 5.73 Å². The van der Waals surface area contributed by atoms with Gasteiger partial charge in [-0.05, 0) is 57.0 Å². The molecule has 3 rings (SSSR count). The molecule has 6 nitrogen and oxygen atoms in total. The summed E-state index contributed by atoms with van der Waals surface area (Å²) >= 11 is 2.60. The van der Waals surface area contributed by atoms with Gasteiger partial charge in [0.05, 0.1) is 11.2 Å². The van der Waals surface area contributed by atoms with E-state index in [-0.39, 0.29) is 22.1 Å². The molecule has 35 heavy (non-hydrogen) atoms. The Labute approximate surface area is 219 Å². The molecule has 0 aromatic carbocycles. The van der Waals surface area contributed by atoms with E-state index >= 15 is 0 Å². The Morgan fingerprint density at radius 3 is 2.23 bits per heavy atom. The number of likely N-dealkylation sites (N-methyl/N-ethyl adjacent to an activating group) is 1. The first-order valence-corrected chi connectivity index (χ1v) is 14.3. The van der Waals surface area contributed by atoms with Gasteiger partial charge >= 0.3 is 6.18 Å². The Hall–Kier alpha value is -1.01.